The van der Waals surface area contributed by atoms with Gasteiger partial charge < -0.3 is 5.32 Å². The molecule has 3 N–H and O–H groups in total. The van der Waals surface area contributed by atoms with Gasteiger partial charge in [-0.15, -0.1) is 0 Å². The average molecular weight is 371 g/mol. The third-order valence-electron chi connectivity index (χ3n) is 3.99. The van der Waals surface area contributed by atoms with Crippen molar-refractivity contribution in [3.63, 3.8) is 0 Å². The normalized spacial score (nSPS) is 11.4. The number of anilines is 3. The molecule has 26 heavy (non-hydrogen) atoms. The molecule has 136 valence electrons. The van der Waals surface area contributed by atoms with Crippen LogP contribution in [0.15, 0.2) is 41.4 Å². The molecular formula is C18H21N5O2S. The maximum absolute atomic E-state index is 12.5. The number of aryl methyl sites for hydroxylation is 4. The zero-order valence-corrected chi connectivity index (χ0v) is 15.9. The molecule has 1 aromatic carbocycles. The van der Waals surface area contributed by atoms with Crippen molar-refractivity contribution in [3.8, 4) is 0 Å². The van der Waals surface area contributed by atoms with Gasteiger partial charge in [-0.05, 0) is 51.5 Å². The van der Waals surface area contributed by atoms with E-state index >= 15 is 0 Å². The minimum Gasteiger partial charge on any atom is -0.340 e. The summed E-state index contributed by atoms with van der Waals surface area (Å²) in [4.78, 5) is 4.45. The fraction of sp³-hybridized carbons (Fsp3) is 0.222. The average Bonchev–Trinajstić information content (AvgIpc) is 2.91. The molecule has 3 rings (SSSR count). The summed E-state index contributed by atoms with van der Waals surface area (Å²) in [7, 11) is -3.72. The Morgan fingerprint density at radius 1 is 1.04 bits per heavy atom. The first-order chi connectivity index (χ1) is 12.3. The summed E-state index contributed by atoms with van der Waals surface area (Å²) in [6, 6.07) is 9.49. The number of aromatic amines is 1. The Labute approximate surface area is 152 Å². The van der Waals surface area contributed by atoms with Crippen LogP contribution in [0.1, 0.15) is 22.5 Å². The van der Waals surface area contributed by atoms with E-state index in [1.165, 1.54) is 11.8 Å². The van der Waals surface area contributed by atoms with Gasteiger partial charge in [-0.3, -0.25) is 9.82 Å². The van der Waals surface area contributed by atoms with E-state index in [9.17, 15) is 8.42 Å². The molecule has 0 bridgehead atoms. The minimum absolute atomic E-state index is 0.162. The van der Waals surface area contributed by atoms with Gasteiger partial charge in [0.1, 0.15) is 10.7 Å². The number of aromatic nitrogens is 3. The summed E-state index contributed by atoms with van der Waals surface area (Å²) in [5.74, 6) is 0.635. The fourth-order valence-electron chi connectivity index (χ4n) is 2.76. The molecule has 0 aliphatic heterocycles. The Bertz CT molecular complexity index is 1020. The first-order valence-electron chi connectivity index (χ1n) is 8.11. The molecule has 0 fully saturated rings. The molecular weight excluding hydrogens is 350 g/mol. The molecule has 0 radical (unpaired) electrons. The van der Waals surface area contributed by atoms with Crippen LogP contribution in [0.4, 0.5) is 17.2 Å². The van der Waals surface area contributed by atoms with Crippen LogP contribution in [0, 0.1) is 27.7 Å². The first-order valence-corrected chi connectivity index (χ1v) is 9.59. The highest BCUT2D eigenvalue weighted by atomic mass is 32.2. The highest BCUT2D eigenvalue weighted by molar-refractivity contribution is 7.92. The van der Waals surface area contributed by atoms with Gasteiger partial charge in [-0.1, -0.05) is 17.7 Å². The van der Waals surface area contributed by atoms with Crippen LogP contribution in [-0.4, -0.2) is 23.6 Å². The topological polar surface area (TPSA) is 99.8 Å². The Hall–Kier alpha value is -2.87. The molecule has 0 unspecified atom stereocenters. The van der Waals surface area contributed by atoms with Gasteiger partial charge in [0.05, 0.1) is 23.3 Å². The summed E-state index contributed by atoms with van der Waals surface area (Å²) in [6.07, 6.45) is 1.48. The second-order valence-electron chi connectivity index (χ2n) is 6.24. The van der Waals surface area contributed by atoms with Crippen molar-refractivity contribution in [2.45, 2.75) is 32.6 Å². The largest absolute Gasteiger partial charge is 0.340 e. The number of nitrogens with one attached hydrogen (secondary N) is 3. The maximum atomic E-state index is 12.5. The number of nitrogens with zero attached hydrogens (tertiary/aromatic N) is 2. The Morgan fingerprint density at radius 3 is 2.38 bits per heavy atom. The summed E-state index contributed by atoms with van der Waals surface area (Å²) >= 11 is 0. The van der Waals surface area contributed by atoms with E-state index in [1.807, 2.05) is 26.0 Å². The minimum atomic E-state index is -3.72. The number of rotatable bonds is 5. The molecule has 0 saturated carbocycles. The number of hydrogen-bond donors (Lipinski definition) is 3. The lowest BCUT2D eigenvalue weighted by atomic mass is 10.1. The zero-order chi connectivity index (χ0) is 18.9. The van der Waals surface area contributed by atoms with Crippen molar-refractivity contribution < 1.29 is 8.42 Å². The molecule has 0 saturated heterocycles. The van der Waals surface area contributed by atoms with Gasteiger partial charge in [0.15, 0.2) is 0 Å². The van der Waals surface area contributed by atoms with Crippen molar-refractivity contribution in [1.29, 1.82) is 0 Å². The van der Waals surface area contributed by atoms with Crippen molar-refractivity contribution >= 4 is 27.2 Å². The van der Waals surface area contributed by atoms with Crippen LogP contribution in [0.2, 0.25) is 0 Å². The highest BCUT2D eigenvalue weighted by Crippen LogP contribution is 2.23. The predicted octanol–water partition coefficient (Wildman–Crippen LogP) is 3.58. The molecule has 0 aliphatic carbocycles. The van der Waals surface area contributed by atoms with E-state index in [-0.39, 0.29) is 4.90 Å². The molecule has 3 aromatic rings. The number of pyridine rings is 1. The molecule has 2 aromatic heterocycles. The van der Waals surface area contributed by atoms with E-state index in [4.69, 9.17) is 0 Å². The molecule has 7 nitrogen and oxygen atoms in total. The van der Waals surface area contributed by atoms with Crippen molar-refractivity contribution in [2.24, 2.45) is 0 Å². The molecule has 2 heterocycles. The van der Waals surface area contributed by atoms with E-state index in [0.717, 1.165) is 11.3 Å². The van der Waals surface area contributed by atoms with Crippen LogP contribution < -0.4 is 10.0 Å². The smallest absolute Gasteiger partial charge is 0.265 e. The standard InChI is InChI=1S/C18H21N5O2S/c1-11-5-7-16(12(2)9-11)20-17-8-6-15(10-19-17)23-26(24,25)18-13(3)21-22-14(18)4/h5-10,23H,1-4H3,(H,19,20)(H,21,22). The van der Waals surface area contributed by atoms with Gasteiger partial charge >= 0.3 is 0 Å². The van der Waals surface area contributed by atoms with Gasteiger partial charge in [0.25, 0.3) is 10.0 Å². The third-order valence-corrected chi connectivity index (χ3v) is 5.63. The number of hydrogen-bond acceptors (Lipinski definition) is 5. The van der Waals surface area contributed by atoms with Gasteiger partial charge in [-0.2, -0.15) is 5.10 Å². The van der Waals surface area contributed by atoms with Crippen molar-refractivity contribution in [3.05, 3.63) is 59.0 Å². The van der Waals surface area contributed by atoms with Crippen LogP contribution in [0.3, 0.4) is 0 Å². The SMILES string of the molecule is Cc1ccc(Nc2ccc(NS(=O)(=O)c3c(C)n[nH]c3C)cn2)c(C)c1. The van der Waals surface area contributed by atoms with Crippen molar-refractivity contribution in [1.82, 2.24) is 15.2 Å². The van der Waals surface area contributed by atoms with E-state index in [0.29, 0.717) is 22.9 Å². The Balaban J connectivity index is 1.77. The Kier molecular flexibility index (Phi) is 4.69. The lowest BCUT2D eigenvalue weighted by Crippen LogP contribution is -2.14. The van der Waals surface area contributed by atoms with Gasteiger partial charge in [-0.25, -0.2) is 13.4 Å². The fourth-order valence-corrected chi connectivity index (χ4v) is 4.18. The monoisotopic (exact) mass is 371 g/mol. The number of benzene rings is 1. The van der Waals surface area contributed by atoms with Gasteiger partial charge in [0.2, 0.25) is 0 Å². The van der Waals surface area contributed by atoms with E-state index in [2.05, 4.69) is 31.3 Å². The van der Waals surface area contributed by atoms with Crippen LogP contribution in [-0.2, 0) is 10.0 Å². The van der Waals surface area contributed by atoms with Crippen LogP contribution in [0.25, 0.3) is 0 Å². The predicted molar refractivity (Wildman–Crippen MR) is 102 cm³/mol. The molecule has 0 atom stereocenters. The Morgan fingerprint density at radius 2 is 1.81 bits per heavy atom. The summed E-state index contributed by atoms with van der Waals surface area (Å²) in [5, 5.41) is 9.84. The highest BCUT2D eigenvalue weighted by Gasteiger charge is 2.22. The van der Waals surface area contributed by atoms with E-state index < -0.39 is 10.0 Å². The van der Waals surface area contributed by atoms with Crippen molar-refractivity contribution in [2.75, 3.05) is 10.0 Å². The maximum Gasteiger partial charge on any atom is 0.265 e. The molecule has 0 aliphatic rings. The molecule has 8 heteroatoms. The second-order valence-corrected chi connectivity index (χ2v) is 7.86. The summed E-state index contributed by atoms with van der Waals surface area (Å²) in [5.41, 5.74) is 4.57. The third kappa shape index (κ3) is 3.70. The number of H-pyrrole nitrogens is 1. The van der Waals surface area contributed by atoms with E-state index in [1.54, 1.807) is 26.0 Å². The summed E-state index contributed by atoms with van der Waals surface area (Å²) in [6.45, 7) is 7.38. The molecule has 0 spiro atoms. The lowest BCUT2D eigenvalue weighted by molar-refractivity contribution is 0.600. The second kappa shape index (κ2) is 6.80. The molecule has 0 amide bonds. The van der Waals surface area contributed by atoms with Crippen LogP contribution >= 0.6 is 0 Å². The zero-order valence-electron chi connectivity index (χ0n) is 15.1. The van der Waals surface area contributed by atoms with Crippen LogP contribution in [0.5, 0.6) is 0 Å². The first kappa shape index (κ1) is 17.9. The quantitative estimate of drug-likeness (QED) is 0.636. The number of sulfonamides is 1. The van der Waals surface area contributed by atoms with Gasteiger partial charge in [0, 0.05) is 5.69 Å². The summed E-state index contributed by atoms with van der Waals surface area (Å²) < 4.78 is 27.6. The lowest BCUT2D eigenvalue weighted by Gasteiger charge is -2.11.